The highest BCUT2D eigenvalue weighted by Crippen LogP contribution is 2.22. The molecule has 0 aliphatic rings. The van der Waals surface area contributed by atoms with Crippen LogP contribution in [0.4, 0.5) is 11.4 Å². The first-order chi connectivity index (χ1) is 8.04. The van der Waals surface area contributed by atoms with E-state index in [1.165, 1.54) is 0 Å². The molecule has 0 spiro atoms. The van der Waals surface area contributed by atoms with Crippen LogP contribution in [0.25, 0.3) is 0 Å². The molecule has 0 bridgehead atoms. The molecule has 0 fully saturated rings. The van der Waals surface area contributed by atoms with Crippen LogP contribution in [0.15, 0.2) is 18.2 Å². The normalized spacial score (nSPS) is 10.1. The van der Waals surface area contributed by atoms with E-state index in [-0.39, 0.29) is 12.6 Å². The summed E-state index contributed by atoms with van der Waals surface area (Å²) < 4.78 is 5.12. The van der Waals surface area contributed by atoms with Gasteiger partial charge in [0.1, 0.15) is 6.61 Å². The molecule has 4 nitrogen and oxygen atoms in total. The monoisotopic (exact) mass is 236 g/mol. The molecule has 0 radical (unpaired) electrons. The second kappa shape index (κ2) is 6.13. The Labute approximate surface area is 102 Å². The Kier molecular flexibility index (Phi) is 4.82. The summed E-state index contributed by atoms with van der Waals surface area (Å²) in [6.45, 7) is 2.24. The largest absolute Gasteiger partial charge is 0.461 e. The SMILES string of the molecule is CCCC(=O)OCc1ccc(N(C)C)c(N)c1. The van der Waals surface area contributed by atoms with E-state index in [0.29, 0.717) is 12.1 Å². The van der Waals surface area contributed by atoms with E-state index in [1.54, 1.807) is 0 Å². The molecular weight excluding hydrogens is 216 g/mol. The van der Waals surface area contributed by atoms with Crippen LogP contribution in [0, 0.1) is 0 Å². The van der Waals surface area contributed by atoms with Crippen molar-refractivity contribution in [3.63, 3.8) is 0 Å². The number of esters is 1. The summed E-state index contributed by atoms with van der Waals surface area (Å²) >= 11 is 0. The third-order valence-corrected chi connectivity index (χ3v) is 2.43. The van der Waals surface area contributed by atoms with Gasteiger partial charge in [-0.3, -0.25) is 4.79 Å². The van der Waals surface area contributed by atoms with Crippen LogP contribution < -0.4 is 10.6 Å². The molecular formula is C13H20N2O2. The van der Waals surface area contributed by atoms with Crippen molar-refractivity contribution in [2.75, 3.05) is 24.7 Å². The van der Waals surface area contributed by atoms with E-state index >= 15 is 0 Å². The smallest absolute Gasteiger partial charge is 0.306 e. The average molecular weight is 236 g/mol. The van der Waals surface area contributed by atoms with Crippen molar-refractivity contribution in [3.05, 3.63) is 23.8 Å². The summed E-state index contributed by atoms with van der Waals surface area (Å²) in [5.41, 5.74) is 8.48. The molecule has 1 aromatic rings. The van der Waals surface area contributed by atoms with Crippen LogP contribution in [0.5, 0.6) is 0 Å². The maximum absolute atomic E-state index is 11.2. The third-order valence-electron chi connectivity index (χ3n) is 2.43. The van der Waals surface area contributed by atoms with E-state index < -0.39 is 0 Å². The van der Waals surface area contributed by atoms with Crippen LogP contribution in [-0.2, 0) is 16.1 Å². The Bertz CT molecular complexity index is 389. The Morgan fingerprint density at radius 3 is 2.65 bits per heavy atom. The number of nitrogen functional groups attached to an aromatic ring is 1. The molecule has 94 valence electrons. The van der Waals surface area contributed by atoms with Crippen LogP contribution >= 0.6 is 0 Å². The highest BCUT2D eigenvalue weighted by molar-refractivity contribution is 5.70. The van der Waals surface area contributed by atoms with E-state index in [4.69, 9.17) is 10.5 Å². The van der Waals surface area contributed by atoms with Gasteiger partial charge in [0.2, 0.25) is 0 Å². The van der Waals surface area contributed by atoms with Gasteiger partial charge >= 0.3 is 5.97 Å². The fourth-order valence-electron chi connectivity index (χ4n) is 1.54. The minimum atomic E-state index is -0.164. The topological polar surface area (TPSA) is 55.6 Å². The third kappa shape index (κ3) is 3.98. The fourth-order valence-corrected chi connectivity index (χ4v) is 1.54. The minimum Gasteiger partial charge on any atom is -0.461 e. The van der Waals surface area contributed by atoms with E-state index in [9.17, 15) is 4.79 Å². The van der Waals surface area contributed by atoms with Gasteiger partial charge in [-0.05, 0) is 24.1 Å². The summed E-state index contributed by atoms with van der Waals surface area (Å²) in [5.74, 6) is -0.164. The molecule has 17 heavy (non-hydrogen) atoms. The number of benzene rings is 1. The second-order valence-corrected chi connectivity index (χ2v) is 4.20. The summed E-state index contributed by atoms with van der Waals surface area (Å²) in [7, 11) is 3.87. The molecule has 0 atom stereocenters. The number of hydrogen-bond acceptors (Lipinski definition) is 4. The Hall–Kier alpha value is -1.71. The van der Waals surface area contributed by atoms with Gasteiger partial charge in [-0.15, -0.1) is 0 Å². The standard InChI is InChI=1S/C13H20N2O2/c1-4-5-13(16)17-9-10-6-7-12(15(2)3)11(14)8-10/h6-8H,4-5,9,14H2,1-3H3. The molecule has 0 unspecified atom stereocenters. The van der Waals surface area contributed by atoms with Gasteiger partial charge in [-0.2, -0.15) is 0 Å². The van der Waals surface area contributed by atoms with Crippen molar-refractivity contribution in [1.82, 2.24) is 0 Å². The van der Waals surface area contributed by atoms with Crippen LogP contribution in [0.2, 0.25) is 0 Å². The molecule has 1 rings (SSSR count). The van der Waals surface area contributed by atoms with E-state index in [0.717, 1.165) is 17.7 Å². The van der Waals surface area contributed by atoms with Crippen molar-refractivity contribution in [3.8, 4) is 0 Å². The number of ether oxygens (including phenoxy) is 1. The fraction of sp³-hybridized carbons (Fsp3) is 0.462. The average Bonchev–Trinajstić information content (AvgIpc) is 2.26. The molecule has 0 amide bonds. The summed E-state index contributed by atoms with van der Waals surface area (Å²) in [5, 5.41) is 0. The predicted octanol–water partition coefficient (Wildman–Crippen LogP) is 2.18. The first-order valence-corrected chi connectivity index (χ1v) is 5.76. The second-order valence-electron chi connectivity index (χ2n) is 4.20. The molecule has 0 aliphatic heterocycles. The summed E-state index contributed by atoms with van der Waals surface area (Å²) in [6.07, 6.45) is 1.27. The zero-order chi connectivity index (χ0) is 12.8. The van der Waals surface area contributed by atoms with Crippen molar-refractivity contribution < 1.29 is 9.53 Å². The Morgan fingerprint density at radius 2 is 2.12 bits per heavy atom. The molecule has 1 aromatic carbocycles. The number of hydrogen-bond donors (Lipinski definition) is 1. The van der Waals surface area contributed by atoms with Gasteiger partial charge < -0.3 is 15.4 Å². The van der Waals surface area contributed by atoms with Gasteiger partial charge in [-0.25, -0.2) is 0 Å². The Balaban J connectivity index is 2.62. The predicted molar refractivity (Wildman–Crippen MR) is 69.9 cm³/mol. The molecule has 0 saturated heterocycles. The highest BCUT2D eigenvalue weighted by atomic mass is 16.5. The number of anilines is 2. The maximum Gasteiger partial charge on any atom is 0.306 e. The quantitative estimate of drug-likeness (QED) is 0.629. The van der Waals surface area contributed by atoms with Gasteiger partial charge in [0.05, 0.1) is 11.4 Å². The number of rotatable bonds is 5. The van der Waals surface area contributed by atoms with Crippen molar-refractivity contribution in [1.29, 1.82) is 0 Å². The molecule has 4 heteroatoms. The molecule has 0 saturated carbocycles. The number of carbonyl (C=O) groups excluding carboxylic acids is 1. The van der Waals surface area contributed by atoms with Gasteiger partial charge in [-0.1, -0.05) is 13.0 Å². The lowest BCUT2D eigenvalue weighted by Crippen LogP contribution is -2.11. The van der Waals surface area contributed by atoms with Crippen LogP contribution in [-0.4, -0.2) is 20.1 Å². The lowest BCUT2D eigenvalue weighted by molar-refractivity contribution is -0.144. The molecule has 0 aromatic heterocycles. The van der Waals surface area contributed by atoms with Crippen molar-refractivity contribution in [2.24, 2.45) is 0 Å². The first kappa shape index (κ1) is 13.4. The lowest BCUT2D eigenvalue weighted by atomic mass is 10.2. The van der Waals surface area contributed by atoms with Gasteiger partial charge in [0.15, 0.2) is 0 Å². The minimum absolute atomic E-state index is 0.164. The van der Waals surface area contributed by atoms with Crippen LogP contribution in [0.3, 0.4) is 0 Å². The van der Waals surface area contributed by atoms with E-state index in [1.807, 2.05) is 44.1 Å². The number of nitrogens with two attached hydrogens (primary N) is 1. The molecule has 0 heterocycles. The maximum atomic E-state index is 11.2. The van der Waals surface area contributed by atoms with Gasteiger partial charge in [0, 0.05) is 20.5 Å². The summed E-state index contributed by atoms with van der Waals surface area (Å²) in [6, 6.07) is 5.69. The van der Waals surface area contributed by atoms with Crippen molar-refractivity contribution in [2.45, 2.75) is 26.4 Å². The zero-order valence-electron chi connectivity index (χ0n) is 10.7. The number of nitrogens with zero attached hydrogens (tertiary/aromatic N) is 1. The lowest BCUT2D eigenvalue weighted by Gasteiger charge is -2.16. The zero-order valence-corrected chi connectivity index (χ0v) is 10.7. The number of carbonyl (C=O) groups is 1. The summed E-state index contributed by atoms with van der Waals surface area (Å²) in [4.78, 5) is 13.2. The van der Waals surface area contributed by atoms with Crippen molar-refractivity contribution >= 4 is 17.3 Å². The van der Waals surface area contributed by atoms with Gasteiger partial charge in [0.25, 0.3) is 0 Å². The molecule has 2 N–H and O–H groups in total. The van der Waals surface area contributed by atoms with E-state index in [2.05, 4.69) is 0 Å². The Morgan fingerprint density at radius 1 is 1.41 bits per heavy atom. The first-order valence-electron chi connectivity index (χ1n) is 5.76. The van der Waals surface area contributed by atoms with Crippen LogP contribution in [0.1, 0.15) is 25.3 Å². The highest BCUT2D eigenvalue weighted by Gasteiger charge is 2.05. The molecule has 0 aliphatic carbocycles.